The summed E-state index contributed by atoms with van der Waals surface area (Å²) in [5.41, 5.74) is 4.32. The zero-order valence-electron chi connectivity index (χ0n) is 16.5. The summed E-state index contributed by atoms with van der Waals surface area (Å²) in [6, 6.07) is 9.36. The number of hydrogen-bond acceptors (Lipinski definition) is 9. The topological polar surface area (TPSA) is 136 Å². The Kier molecular flexibility index (Phi) is 4.63. The third kappa shape index (κ3) is 3.61. The van der Waals surface area contributed by atoms with Gasteiger partial charge in [-0.15, -0.1) is 5.10 Å². The second-order valence-electron chi connectivity index (χ2n) is 7.43. The van der Waals surface area contributed by atoms with Gasteiger partial charge in [-0.1, -0.05) is 12.1 Å². The van der Waals surface area contributed by atoms with Crippen molar-refractivity contribution < 1.29 is 23.8 Å². The van der Waals surface area contributed by atoms with Crippen LogP contribution in [0.5, 0.6) is 0 Å². The van der Waals surface area contributed by atoms with E-state index in [0.29, 0.717) is 17.9 Å². The highest BCUT2D eigenvalue weighted by molar-refractivity contribution is 7.57. The van der Waals surface area contributed by atoms with Gasteiger partial charge in [0, 0.05) is 18.8 Å². The predicted molar refractivity (Wildman–Crippen MR) is 112 cm³/mol. The molecule has 4 heterocycles. The van der Waals surface area contributed by atoms with Crippen molar-refractivity contribution in [3.63, 3.8) is 0 Å². The van der Waals surface area contributed by atoms with Gasteiger partial charge in [0.1, 0.15) is 11.8 Å². The predicted octanol–water partition coefficient (Wildman–Crippen LogP) is 1.38. The van der Waals surface area contributed by atoms with Crippen molar-refractivity contribution >= 4 is 25.6 Å². The van der Waals surface area contributed by atoms with E-state index in [1.807, 2.05) is 30.3 Å². The first-order valence-corrected chi connectivity index (χ1v) is 11.3. The van der Waals surface area contributed by atoms with E-state index in [1.54, 1.807) is 22.8 Å². The highest BCUT2D eigenvalue weighted by Gasteiger charge is 2.47. The minimum Gasteiger partial charge on any atom is -0.441 e. The van der Waals surface area contributed by atoms with Crippen LogP contribution in [0.25, 0.3) is 22.6 Å². The summed E-state index contributed by atoms with van der Waals surface area (Å²) in [7, 11) is -1.90. The third-order valence-corrected chi connectivity index (χ3v) is 5.93. The van der Waals surface area contributed by atoms with Gasteiger partial charge in [0.2, 0.25) is 7.57 Å². The zero-order chi connectivity index (χ0) is 21.8. The first kappa shape index (κ1) is 19.8. The van der Waals surface area contributed by atoms with Crippen LogP contribution in [0.2, 0.25) is 0 Å². The number of aryl methyl sites for hydroxylation is 1. The number of tetrazole rings is 1. The van der Waals surface area contributed by atoms with E-state index in [4.69, 9.17) is 9.26 Å². The van der Waals surface area contributed by atoms with Gasteiger partial charge < -0.3 is 19.0 Å². The van der Waals surface area contributed by atoms with Crippen LogP contribution in [0, 0.1) is 0 Å². The normalized spacial score (nSPS) is 20.0. The number of anilines is 1. The fourth-order valence-electron chi connectivity index (χ4n) is 3.94. The number of fused-ring (bicyclic) bond motifs is 3. The van der Waals surface area contributed by atoms with Gasteiger partial charge in [-0.05, 0) is 52.5 Å². The molecule has 1 amide bonds. The Morgan fingerprint density at radius 3 is 2.77 bits per heavy atom. The molecule has 5 rings (SSSR count). The number of benzene rings is 1. The molecule has 1 fully saturated rings. The van der Waals surface area contributed by atoms with Crippen LogP contribution in [0.1, 0.15) is 5.56 Å². The molecular weight excluding hydrogens is 423 g/mol. The maximum absolute atomic E-state index is 12.4. The molecule has 2 N–H and O–H groups in total. The van der Waals surface area contributed by atoms with Crippen molar-refractivity contribution in [2.45, 2.75) is 18.6 Å². The van der Waals surface area contributed by atoms with Crippen LogP contribution in [-0.4, -0.2) is 66.1 Å². The molecule has 31 heavy (non-hydrogen) atoms. The average molecular weight is 442 g/mol. The number of rotatable bonds is 5. The monoisotopic (exact) mass is 442 g/mol. The number of nitrogens with zero attached hydrogens (tertiary/aromatic N) is 6. The Hall–Kier alpha value is -3.11. The summed E-state index contributed by atoms with van der Waals surface area (Å²) in [6.07, 6.45) is 4.42. The van der Waals surface area contributed by atoms with Gasteiger partial charge in [-0.25, -0.2) is 9.48 Å². The quantitative estimate of drug-likeness (QED) is 0.562. The van der Waals surface area contributed by atoms with Gasteiger partial charge >= 0.3 is 6.09 Å². The van der Waals surface area contributed by atoms with E-state index < -0.39 is 19.8 Å². The number of aromatic nitrogens is 5. The molecule has 3 aromatic rings. The second-order valence-corrected chi connectivity index (χ2v) is 9.01. The Morgan fingerprint density at radius 1 is 1.29 bits per heavy atom. The lowest BCUT2D eigenvalue weighted by molar-refractivity contribution is 0.0852. The second kappa shape index (κ2) is 7.24. The standard InChI is InChI=1S/C19H19N6O5P/c1-24-18(21-22-23-24)14-5-3-12(9-20-14)11-4-6-15-13(7-11)8-16-17(10-29-31(2,27)28)30-19(26)25(15)16/h3-7,9,16-17,27-28H,2,8,10H2,1H3/t16-,17-/m0/s1. The van der Waals surface area contributed by atoms with E-state index in [1.165, 1.54) is 0 Å². The Morgan fingerprint density at radius 2 is 2.10 bits per heavy atom. The number of amides is 1. The molecule has 2 aliphatic heterocycles. The van der Waals surface area contributed by atoms with E-state index in [9.17, 15) is 14.6 Å². The molecule has 2 aromatic heterocycles. The molecule has 2 atom stereocenters. The largest absolute Gasteiger partial charge is 0.441 e. The lowest BCUT2D eigenvalue weighted by Gasteiger charge is -2.18. The molecule has 11 nitrogen and oxygen atoms in total. The van der Waals surface area contributed by atoms with Crippen molar-refractivity contribution in [3.8, 4) is 22.6 Å². The minimum atomic E-state index is -3.65. The van der Waals surface area contributed by atoms with Crippen LogP contribution in [0.4, 0.5) is 10.5 Å². The maximum atomic E-state index is 12.4. The molecule has 0 spiro atoms. The lowest BCUT2D eigenvalue weighted by atomic mass is 10.0. The average Bonchev–Trinajstić information content (AvgIpc) is 3.40. The Labute approximate surface area is 177 Å². The zero-order valence-corrected chi connectivity index (χ0v) is 17.4. The lowest BCUT2D eigenvalue weighted by Crippen LogP contribution is -2.35. The molecule has 1 saturated heterocycles. The first-order valence-electron chi connectivity index (χ1n) is 9.45. The van der Waals surface area contributed by atoms with Crippen LogP contribution in [0.3, 0.4) is 0 Å². The van der Waals surface area contributed by atoms with Gasteiger partial charge in [-0.3, -0.25) is 9.88 Å². The maximum Gasteiger partial charge on any atom is 0.415 e. The molecule has 0 bridgehead atoms. The van der Waals surface area contributed by atoms with Crippen LogP contribution >= 0.6 is 7.57 Å². The first-order chi connectivity index (χ1) is 14.8. The summed E-state index contributed by atoms with van der Waals surface area (Å²) in [5, 5.41) is 11.4. The Balaban J connectivity index is 1.38. The molecule has 0 unspecified atom stereocenters. The molecule has 0 aliphatic carbocycles. The van der Waals surface area contributed by atoms with Gasteiger partial charge in [0.15, 0.2) is 5.82 Å². The van der Waals surface area contributed by atoms with Crippen LogP contribution < -0.4 is 4.90 Å². The van der Waals surface area contributed by atoms with Crippen LogP contribution in [0.15, 0.2) is 36.5 Å². The number of carbonyl (C=O) groups excluding carboxylic acids is 1. The van der Waals surface area contributed by atoms with Gasteiger partial charge in [0.25, 0.3) is 0 Å². The van der Waals surface area contributed by atoms with Crippen molar-refractivity contribution in [2.24, 2.45) is 7.05 Å². The fourth-order valence-corrected chi connectivity index (χ4v) is 4.32. The highest BCUT2D eigenvalue weighted by Crippen LogP contribution is 2.42. The molecule has 160 valence electrons. The molecule has 12 heteroatoms. The van der Waals surface area contributed by atoms with E-state index in [0.717, 1.165) is 22.4 Å². The van der Waals surface area contributed by atoms with E-state index >= 15 is 0 Å². The summed E-state index contributed by atoms with van der Waals surface area (Å²) in [5.74, 6) is 0.576. The molecular formula is C19H19N6O5P. The summed E-state index contributed by atoms with van der Waals surface area (Å²) in [6.45, 7) is -0.125. The number of cyclic esters (lactones) is 1. The van der Waals surface area contributed by atoms with Crippen molar-refractivity contribution in [1.82, 2.24) is 25.2 Å². The summed E-state index contributed by atoms with van der Waals surface area (Å²) < 4.78 is 11.9. The molecule has 0 saturated carbocycles. The van der Waals surface area contributed by atoms with Crippen molar-refractivity contribution in [2.75, 3.05) is 11.5 Å². The summed E-state index contributed by atoms with van der Waals surface area (Å²) >= 11 is 0. The minimum absolute atomic E-state index is 0.125. The third-order valence-electron chi connectivity index (χ3n) is 5.37. The fraction of sp³-hybridized carbons (Fsp3) is 0.263. The smallest absolute Gasteiger partial charge is 0.415 e. The number of pyridine rings is 1. The van der Waals surface area contributed by atoms with Gasteiger partial charge in [-0.2, -0.15) is 0 Å². The molecule has 2 aliphatic rings. The van der Waals surface area contributed by atoms with Crippen LogP contribution in [-0.2, 0) is 22.7 Å². The SMILES string of the molecule is C=P(O)(O)OC[C@@H]1OC(=O)N2c3ccc(-c4ccc(-c5nnnn5C)nc4)cc3C[C@@H]12. The number of ether oxygens (including phenoxy) is 1. The highest BCUT2D eigenvalue weighted by atomic mass is 31.2. The summed E-state index contributed by atoms with van der Waals surface area (Å²) in [4.78, 5) is 37.2. The number of hydrogen-bond donors (Lipinski definition) is 2. The van der Waals surface area contributed by atoms with E-state index in [2.05, 4.69) is 26.8 Å². The molecule has 0 radical (unpaired) electrons. The number of carbonyl (C=O) groups is 1. The van der Waals surface area contributed by atoms with E-state index in [-0.39, 0.29) is 12.6 Å². The van der Waals surface area contributed by atoms with Crippen molar-refractivity contribution in [3.05, 3.63) is 42.1 Å². The van der Waals surface area contributed by atoms with Gasteiger partial charge in [0.05, 0.1) is 18.3 Å². The Bertz CT molecular complexity index is 1210. The molecule has 1 aromatic carbocycles. The van der Waals surface area contributed by atoms with Crippen molar-refractivity contribution in [1.29, 1.82) is 0 Å².